The largest absolute Gasteiger partial charge is 0.298 e. The summed E-state index contributed by atoms with van der Waals surface area (Å²) in [5, 5.41) is 3.40. The van der Waals surface area contributed by atoms with Crippen molar-refractivity contribution in [2.24, 2.45) is 0 Å². The summed E-state index contributed by atoms with van der Waals surface area (Å²) in [6, 6.07) is 3.98. The van der Waals surface area contributed by atoms with Crippen molar-refractivity contribution < 1.29 is 4.79 Å². The molecule has 2 heteroatoms. The minimum absolute atomic E-state index is 0.815. The van der Waals surface area contributed by atoms with Gasteiger partial charge in [0.2, 0.25) is 0 Å². The fourth-order valence-corrected chi connectivity index (χ4v) is 2.87. The molecule has 0 spiro atoms. The Labute approximate surface area is 87.4 Å². The third kappa shape index (κ3) is 1.26. The summed E-state index contributed by atoms with van der Waals surface area (Å²) < 4.78 is 1.14. The Kier molecular flexibility index (Phi) is 2.38. The van der Waals surface area contributed by atoms with E-state index in [1.165, 1.54) is 16.5 Å². The van der Waals surface area contributed by atoms with Crippen LogP contribution < -0.4 is 0 Å². The number of rotatable bonds is 2. The minimum Gasteiger partial charge on any atom is -0.298 e. The topological polar surface area (TPSA) is 17.1 Å². The maximum atomic E-state index is 10.8. The van der Waals surface area contributed by atoms with Crippen LogP contribution in [0.3, 0.4) is 0 Å². The van der Waals surface area contributed by atoms with Gasteiger partial charge in [-0.15, -0.1) is 11.3 Å². The number of fused-ring (bicyclic) bond motifs is 1. The molecule has 0 aliphatic rings. The molecule has 0 bridgehead atoms. The van der Waals surface area contributed by atoms with E-state index in [1.54, 1.807) is 11.3 Å². The van der Waals surface area contributed by atoms with Crippen molar-refractivity contribution in [3.8, 4) is 0 Å². The molecule has 2 rings (SSSR count). The summed E-state index contributed by atoms with van der Waals surface area (Å²) in [7, 11) is 0. The first-order chi connectivity index (χ1) is 6.77. The highest BCUT2D eigenvalue weighted by Crippen LogP contribution is 2.31. The maximum Gasteiger partial charge on any atom is 0.151 e. The molecule has 0 saturated heterocycles. The molecule has 2 aromatic rings. The second-order valence-electron chi connectivity index (χ2n) is 3.41. The van der Waals surface area contributed by atoms with E-state index >= 15 is 0 Å². The quantitative estimate of drug-likeness (QED) is 0.683. The Bertz CT molecular complexity index is 482. The lowest BCUT2D eigenvalue weighted by atomic mass is 10.0. The molecule has 0 unspecified atom stereocenters. The van der Waals surface area contributed by atoms with Crippen molar-refractivity contribution >= 4 is 27.7 Å². The molecule has 0 radical (unpaired) electrons. The Balaban J connectivity index is 2.87. The second-order valence-corrected chi connectivity index (χ2v) is 4.29. The van der Waals surface area contributed by atoms with E-state index in [4.69, 9.17) is 0 Å². The molecule has 0 saturated carbocycles. The van der Waals surface area contributed by atoms with Gasteiger partial charge in [0, 0.05) is 10.3 Å². The first-order valence-corrected chi connectivity index (χ1v) is 5.60. The van der Waals surface area contributed by atoms with Crippen LogP contribution in [0, 0.1) is 6.92 Å². The van der Waals surface area contributed by atoms with Gasteiger partial charge in [-0.2, -0.15) is 0 Å². The van der Waals surface area contributed by atoms with Crippen molar-refractivity contribution in [2.45, 2.75) is 20.3 Å². The van der Waals surface area contributed by atoms with Gasteiger partial charge in [-0.1, -0.05) is 13.0 Å². The molecule has 0 atom stereocenters. The molecule has 0 aliphatic heterocycles. The van der Waals surface area contributed by atoms with Crippen molar-refractivity contribution in [3.63, 3.8) is 0 Å². The first-order valence-electron chi connectivity index (χ1n) is 4.72. The number of carbonyl (C=O) groups is 1. The summed E-state index contributed by atoms with van der Waals surface area (Å²) in [5.41, 5.74) is 3.44. The Morgan fingerprint density at radius 2 is 2.21 bits per heavy atom. The zero-order valence-corrected chi connectivity index (χ0v) is 9.15. The fraction of sp³-hybridized carbons (Fsp3) is 0.250. The molecule has 0 N–H and O–H groups in total. The van der Waals surface area contributed by atoms with E-state index in [1.807, 2.05) is 6.07 Å². The Morgan fingerprint density at radius 3 is 2.86 bits per heavy atom. The zero-order chi connectivity index (χ0) is 10.1. The predicted octanol–water partition coefficient (Wildman–Crippen LogP) is 3.58. The molecule has 0 amide bonds. The number of thiophene rings is 1. The molecule has 1 aromatic heterocycles. The van der Waals surface area contributed by atoms with Crippen molar-refractivity contribution in [1.29, 1.82) is 0 Å². The average Bonchev–Trinajstić information content (AvgIpc) is 2.60. The van der Waals surface area contributed by atoms with Crippen LogP contribution in [-0.4, -0.2) is 6.29 Å². The number of hydrogen-bond donors (Lipinski definition) is 0. The van der Waals surface area contributed by atoms with E-state index in [-0.39, 0.29) is 0 Å². The number of benzene rings is 1. The van der Waals surface area contributed by atoms with Gasteiger partial charge in [0.05, 0.1) is 0 Å². The Hall–Kier alpha value is -1.15. The lowest BCUT2D eigenvalue weighted by Crippen LogP contribution is -1.86. The van der Waals surface area contributed by atoms with Gasteiger partial charge in [-0.05, 0) is 41.3 Å². The van der Waals surface area contributed by atoms with Crippen molar-refractivity contribution in [1.82, 2.24) is 0 Å². The monoisotopic (exact) mass is 204 g/mol. The molecule has 0 aliphatic carbocycles. The number of aldehydes is 1. The molecular formula is C12H12OS. The lowest BCUT2D eigenvalue weighted by Gasteiger charge is -2.02. The first kappa shape index (κ1) is 9.41. The van der Waals surface area contributed by atoms with Crippen LogP contribution >= 0.6 is 11.3 Å². The maximum absolute atomic E-state index is 10.8. The van der Waals surface area contributed by atoms with Crippen LogP contribution in [0.5, 0.6) is 0 Å². The highest BCUT2D eigenvalue weighted by Gasteiger charge is 2.08. The Morgan fingerprint density at radius 1 is 1.43 bits per heavy atom. The van der Waals surface area contributed by atoms with Crippen LogP contribution in [0.25, 0.3) is 10.1 Å². The second kappa shape index (κ2) is 3.54. The van der Waals surface area contributed by atoms with Crippen LogP contribution in [0.2, 0.25) is 0 Å². The smallest absolute Gasteiger partial charge is 0.151 e. The highest BCUT2D eigenvalue weighted by atomic mass is 32.1. The summed E-state index contributed by atoms with van der Waals surface area (Å²) in [6.45, 7) is 4.25. The molecule has 1 heterocycles. The average molecular weight is 204 g/mol. The summed E-state index contributed by atoms with van der Waals surface area (Å²) in [6.07, 6.45) is 1.96. The number of hydrogen-bond acceptors (Lipinski definition) is 2. The van der Waals surface area contributed by atoms with E-state index in [0.29, 0.717) is 0 Å². The lowest BCUT2D eigenvalue weighted by molar-refractivity contribution is 0.112. The molecule has 1 nitrogen and oxygen atoms in total. The number of carbonyl (C=O) groups excluding carboxylic acids is 1. The summed E-state index contributed by atoms with van der Waals surface area (Å²) >= 11 is 1.66. The van der Waals surface area contributed by atoms with Gasteiger partial charge in [-0.25, -0.2) is 0 Å². The third-order valence-corrected chi connectivity index (χ3v) is 3.68. The van der Waals surface area contributed by atoms with Gasteiger partial charge < -0.3 is 0 Å². The standard InChI is InChI=1S/C12H12OS/c1-3-9-4-5-10(6-13)12-11(9)8(2)7-14-12/h4-7H,3H2,1-2H3. The molecule has 0 fully saturated rings. The van der Waals surface area contributed by atoms with Crippen LogP contribution in [0.15, 0.2) is 17.5 Å². The van der Waals surface area contributed by atoms with Gasteiger partial charge >= 0.3 is 0 Å². The van der Waals surface area contributed by atoms with Crippen LogP contribution in [0.1, 0.15) is 28.4 Å². The number of aryl methyl sites for hydroxylation is 2. The fourth-order valence-electron chi connectivity index (χ4n) is 1.79. The van der Waals surface area contributed by atoms with Gasteiger partial charge in [0.1, 0.15) is 0 Å². The van der Waals surface area contributed by atoms with Crippen LogP contribution in [-0.2, 0) is 6.42 Å². The molecule has 72 valence electrons. The van der Waals surface area contributed by atoms with E-state index in [9.17, 15) is 4.79 Å². The summed E-state index contributed by atoms with van der Waals surface area (Å²) in [4.78, 5) is 10.8. The van der Waals surface area contributed by atoms with E-state index in [0.717, 1.165) is 23.0 Å². The molecule has 1 aromatic carbocycles. The normalized spacial score (nSPS) is 10.7. The van der Waals surface area contributed by atoms with Crippen molar-refractivity contribution in [2.75, 3.05) is 0 Å². The van der Waals surface area contributed by atoms with Gasteiger partial charge in [0.25, 0.3) is 0 Å². The van der Waals surface area contributed by atoms with E-state index < -0.39 is 0 Å². The highest BCUT2D eigenvalue weighted by molar-refractivity contribution is 7.17. The summed E-state index contributed by atoms with van der Waals surface area (Å²) in [5.74, 6) is 0. The zero-order valence-electron chi connectivity index (χ0n) is 8.33. The predicted molar refractivity (Wildman–Crippen MR) is 61.3 cm³/mol. The minimum atomic E-state index is 0.815. The van der Waals surface area contributed by atoms with Crippen molar-refractivity contribution in [3.05, 3.63) is 34.2 Å². The van der Waals surface area contributed by atoms with Crippen LogP contribution in [0.4, 0.5) is 0 Å². The van der Waals surface area contributed by atoms with E-state index in [2.05, 4.69) is 25.3 Å². The SMILES string of the molecule is CCc1ccc(C=O)c2scc(C)c12. The van der Waals surface area contributed by atoms with Gasteiger partial charge in [0.15, 0.2) is 6.29 Å². The molecule has 14 heavy (non-hydrogen) atoms. The third-order valence-electron chi connectivity index (χ3n) is 2.53. The molecular weight excluding hydrogens is 192 g/mol. The van der Waals surface area contributed by atoms with Gasteiger partial charge in [-0.3, -0.25) is 4.79 Å².